The van der Waals surface area contributed by atoms with Gasteiger partial charge in [-0.3, -0.25) is 0 Å². The standard InChI is InChI=1S/C17H13FN4O2S2/c1-26(23,24)15-9-20-16-13(21-15)8-14(17-19-6-7-25-17)22(16)10-11-2-4-12(18)5-3-11/h2-9H,10H2,1H3. The van der Waals surface area contributed by atoms with E-state index in [0.717, 1.165) is 22.5 Å². The molecule has 132 valence electrons. The van der Waals surface area contributed by atoms with Crippen LogP contribution in [0.1, 0.15) is 5.56 Å². The third-order valence-corrected chi connectivity index (χ3v) is 5.61. The highest BCUT2D eigenvalue weighted by molar-refractivity contribution is 7.90. The van der Waals surface area contributed by atoms with Gasteiger partial charge in [-0.25, -0.2) is 27.8 Å². The molecule has 0 saturated carbocycles. The second kappa shape index (κ2) is 6.26. The van der Waals surface area contributed by atoms with E-state index in [1.54, 1.807) is 24.4 Å². The first-order valence-electron chi connectivity index (χ1n) is 7.62. The molecule has 1 aromatic carbocycles. The Morgan fingerprint density at radius 3 is 2.62 bits per heavy atom. The summed E-state index contributed by atoms with van der Waals surface area (Å²) in [6.07, 6.45) is 4.05. The van der Waals surface area contributed by atoms with Crippen molar-refractivity contribution in [1.82, 2.24) is 19.5 Å². The van der Waals surface area contributed by atoms with Gasteiger partial charge in [-0.05, 0) is 23.8 Å². The van der Waals surface area contributed by atoms with Gasteiger partial charge in [0, 0.05) is 24.4 Å². The Bertz CT molecular complexity index is 1180. The average molecular weight is 388 g/mol. The van der Waals surface area contributed by atoms with E-state index in [0.29, 0.717) is 17.7 Å². The monoisotopic (exact) mass is 388 g/mol. The van der Waals surface area contributed by atoms with Crippen LogP contribution in [-0.2, 0) is 16.4 Å². The number of benzene rings is 1. The fraction of sp³-hybridized carbons (Fsp3) is 0.118. The number of rotatable bonds is 4. The Balaban J connectivity index is 1.90. The van der Waals surface area contributed by atoms with Crippen LogP contribution in [0.25, 0.3) is 21.9 Å². The molecule has 3 heterocycles. The first-order valence-corrected chi connectivity index (χ1v) is 10.4. The first kappa shape index (κ1) is 16.8. The molecule has 0 aliphatic heterocycles. The van der Waals surface area contributed by atoms with E-state index in [1.807, 2.05) is 9.95 Å². The lowest BCUT2D eigenvalue weighted by Gasteiger charge is -2.09. The quantitative estimate of drug-likeness (QED) is 0.537. The van der Waals surface area contributed by atoms with Crippen LogP contribution in [0.15, 0.2) is 53.1 Å². The molecule has 0 bridgehead atoms. The minimum absolute atomic E-state index is 0.0744. The van der Waals surface area contributed by atoms with Crippen LogP contribution >= 0.6 is 11.3 Å². The predicted octanol–water partition coefficient (Wildman–Crippen LogP) is 3.15. The molecule has 6 nitrogen and oxygen atoms in total. The van der Waals surface area contributed by atoms with E-state index in [1.165, 1.54) is 29.7 Å². The molecule has 0 radical (unpaired) electrons. The highest BCUT2D eigenvalue weighted by atomic mass is 32.2. The van der Waals surface area contributed by atoms with Crippen molar-refractivity contribution in [2.45, 2.75) is 11.6 Å². The summed E-state index contributed by atoms with van der Waals surface area (Å²) in [5.74, 6) is -0.302. The maximum atomic E-state index is 13.2. The van der Waals surface area contributed by atoms with Gasteiger partial charge in [0.05, 0.1) is 11.9 Å². The molecule has 0 unspecified atom stereocenters. The molecule has 0 atom stereocenters. The lowest BCUT2D eigenvalue weighted by molar-refractivity contribution is 0.598. The summed E-state index contributed by atoms with van der Waals surface area (Å²) >= 11 is 1.46. The molecule has 9 heteroatoms. The minimum Gasteiger partial charge on any atom is -0.317 e. The van der Waals surface area contributed by atoms with Crippen LogP contribution in [0.5, 0.6) is 0 Å². The number of aromatic nitrogens is 4. The number of halogens is 1. The van der Waals surface area contributed by atoms with Crippen LogP contribution in [0, 0.1) is 5.82 Å². The van der Waals surface area contributed by atoms with E-state index < -0.39 is 9.84 Å². The van der Waals surface area contributed by atoms with Gasteiger partial charge in [-0.15, -0.1) is 11.3 Å². The van der Waals surface area contributed by atoms with Gasteiger partial charge in [0.25, 0.3) is 0 Å². The van der Waals surface area contributed by atoms with Crippen molar-refractivity contribution in [2.24, 2.45) is 0 Å². The third-order valence-electron chi connectivity index (χ3n) is 3.86. The van der Waals surface area contributed by atoms with Crippen molar-refractivity contribution in [3.63, 3.8) is 0 Å². The zero-order valence-electron chi connectivity index (χ0n) is 13.6. The molecule has 0 amide bonds. The number of fused-ring (bicyclic) bond motifs is 1. The molecule has 0 aliphatic carbocycles. The van der Waals surface area contributed by atoms with E-state index in [9.17, 15) is 12.8 Å². The Morgan fingerprint density at radius 2 is 1.96 bits per heavy atom. The fourth-order valence-electron chi connectivity index (χ4n) is 2.64. The summed E-state index contributed by atoms with van der Waals surface area (Å²) in [5, 5.41) is 2.56. The molecular weight excluding hydrogens is 375 g/mol. The lowest BCUT2D eigenvalue weighted by atomic mass is 10.2. The Labute approximate surface area is 152 Å². The molecule has 0 saturated heterocycles. The normalized spacial score (nSPS) is 11.9. The molecule has 3 aromatic heterocycles. The van der Waals surface area contributed by atoms with Crippen LogP contribution in [0.2, 0.25) is 0 Å². The number of nitrogens with zero attached hydrogens (tertiary/aromatic N) is 4. The van der Waals surface area contributed by atoms with Crippen LogP contribution < -0.4 is 0 Å². The van der Waals surface area contributed by atoms with E-state index in [4.69, 9.17) is 0 Å². The molecule has 26 heavy (non-hydrogen) atoms. The molecule has 4 aromatic rings. The van der Waals surface area contributed by atoms with Gasteiger partial charge in [-0.2, -0.15) is 0 Å². The maximum Gasteiger partial charge on any atom is 0.194 e. The largest absolute Gasteiger partial charge is 0.317 e. The molecule has 0 spiro atoms. The highest BCUT2D eigenvalue weighted by Gasteiger charge is 2.18. The molecule has 0 N–H and O–H groups in total. The zero-order chi connectivity index (χ0) is 18.3. The van der Waals surface area contributed by atoms with Gasteiger partial charge in [0.1, 0.15) is 16.3 Å². The van der Waals surface area contributed by atoms with Gasteiger partial charge < -0.3 is 4.57 Å². The fourth-order valence-corrected chi connectivity index (χ4v) is 3.82. The van der Waals surface area contributed by atoms with E-state index >= 15 is 0 Å². The topological polar surface area (TPSA) is 77.7 Å². The van der Waals surface area contributed by atoms with Crippen molar-refractivity contribution in [3.8, 4) is 10.7 Å². The summed E-state index contributed by atoms with van der Waals surface area (Å²) < 4.78 is 38.6. The maximum absolute atomic E-state index is 13.2. The second-order valence-electron chi connectivity index (χ2n) is 5.77. The number of hydrogen-bond donors (Lipinski definition) is 0. The number of sulfone groups is 1. The van der Waals surface area contributed by atoms with Crippen molar-refractivity contribution in [3.05, 3.63) is 59.5 Å². The first-order chi connectivity index (χ1) is 12.4. The van der Waals surface area contributed by atoms with Crippen molar-refractivity contribution < 1.29 is 12.8 Å². The van der Waals surface area contributed by atoms with Crippen molar-refractivity contribution in [1.29, 1.82) is 0 Å². The van der Waals surface area contributed by atoms with E-state index in [-0.39, 0.29) is 10.8 Å². The summed E-state index contributed by atoms with van der Waals surface area (Å²) in [6, 6.07) is 7.98. The van der Waals surface area contributed by atoms with Crippen molar-refractivity contribution >= 4 is 32.3 Å². The Kier molecular flexibility index (Phi) is 4.04. The minimum atomic E-state index is -3.45. The summed E-state index contributed by atoms with van der Waals surface area (Å²) in [6.45, 7) is 0.436. The second-order valence-corrected chi connectivity index (χ2v) is 8.63. The average Bonchev–Trinajstić information content (AvgIpc) is 3.24. The molecule has 4 rings (SSSR count). The highest BCUT2D eigenvalue weighted by Crippen LogP contribution is 2.29. The summed E-state index contributed by atoms with van der Waals surface area (Å²) in [7, 11) is -3.45. The van der Waals surface area contributed by atoms with Gasteiger partial charge in [0.15, 0.2) is 20.5 Å². The summed E-state index contributed by atoms with van der Waals surface area (Å²) in [4.78, 5) is 12.9. The SMILES string of the molecule is CS(=O)(=O)c1cnc2c(cc(-c3nccs3)n2Cc2ccc(F)cc2)n1. The molecule has 0 aliphatic rings. The van der Waals surface area contributed by atoms with E-state index in [2.05, 4.69) is 15.0 Å². The number of hydrogen-bond acceptors (Lipinski definition) is 6. The molecule has 0 fully saturated rings. The van der Waals surface area contributed by atoms with Gasteiger partial charge in [-0.1, -0.05) is 12.1 Å². The smallest absolute Gasteiger partial charge is 0.194 e. The Hall–Kier alpha value is -2.65. The molecular formula is C17H13FN4O2S2. The zero-order valence-corrected chi connectivity index (χ0v) is 15.3. The lowest BCUT2D eigenvalue weighted by Crippen LogP contribution is -2.05. The van der Waals surface area contributed by atoms with Crippen molar-refractivity contribution in [2.75, 3.05) is 6.26 Å². The van der Waals surface area contributed by atoms with Crippen LogP contribution in [0.4, 0.5) is 4.39 Å². The predicted molar refractivity (Wildman–Crippen MR) is 97.2 cm³/mol. The summed E-state index contributed by atoms with van der Waals surface area (Å²) in [5.41, 5.74) is 2.69. The van der Waals surface area contributed by atoms with Gasteiger partial charge in [0.2, 0.25) is 0 Å². The van der Waals surface area contributed by atoms with Crippen LogP contribution in [0.3, 0.4) is 0 Å². The number of thiazole rings is 1. The Morgan fingerprint density at radius 1 is 1.19 bits per heavy atom. The van der Waals surface area contributed by atoms with Gasteiger partial charge >= 0.3 is 0 Å². The van der Waals surface area contributed by atoms with Crippen LogP contribution in [-0.4, -0.2) is 34.2 Å². The third kappa shape index (κ3) is 3.11.